The Kier molecular flexibility index (Phi) is 1.96. The maximum absolute atomic E-state index is 9.00. The van der Waals surface area contributed by atoms with E-state index in [0.717, 1.165) is 5.57 Å². The van der Waals surface area contributed by atoms with Crippen LogP contribution in [0.25, 0.3) is 0 Å². The molecule has 0 heterocycles. The summed E-state index contributed by atoms with van der Waals surface area (Å²) in [6.45, 7) is 0. The molecule has 0 bridgehead atoms. The van der Waals surface area contributed by atoms with E-state index in [1.807, 2.05) is 24.3 Å². The number of allylic oxidation sites excluding steroid dienone is 6. The van der Waals surface area contributed by atoms with E-state index in [4.69, 9.17) is 16.7 Å². The third kappa shape index (κ3) is 1.36. The second-order valence-electron chi connectivity index (χ2n) is 1.75. The van der Waals surface area contributed by atoms with Gasteiger partial charge in [0.05, 0.1) is 5.88 Å². The number of aliphatic hydroxyl groups is 1. The molecule has 9 heavy (non-hydrogen) atoms. The monoisotopic (exact) mass is 142 g/mol. The lowest BCUT2D eigenvalue weighted by molar-refractivity contribution is 0.413. The highest BCUT2D eigenvalue weighted by Crippen LogP contribution is 2.11. The number of hydrogen-bond donors (Lipinski definition) is 1. The Morgan fingerprint density at radius 3 is 2.44 bits per heavy atom. The predicted octanol–water partition coefficient (Wildman–Crippen LogP) is 2.16. The van der Waals surface area contributed by atoms with Crippen LogP contribution < -0.4 is 0 Å². The van der Waals surface area contributed by atoms with Crippen LogP contribution in [0.4, 0.5) is 0 Å². The highest BCUT2D eigenvalue weighted by Gasteiger charge is 1.98. The summed E-state index contributed by atoms with van der Waals surface area (Å²) in [5, 5.41) is 9.00. The van der Waals surface area contributed by atoms with Gasteiger partial charge in [0.2, 0.25) is 0 Å². The van der Waals surface area contributed by atoms with Gasteiger partial charge in [-0.15, -0.1) is 11.6 Å². The van der Waals surface area contributed by atoms with Gasteiger partial charge in [0, 0.05) is 5.57 Å². The van der Waals surface area contributed by atoms with Crippen LogP contribution in [-0.2, 0) is 0 Å². The molecule has 1 nitrogen and oxygen atoms in total. The average molecular weight is 143 g/mol. The molecule has 0 aliphatic heterocycles. The summed E-state index contributed by atoms with van der Waals surface area (Å²) in [6.07, 6.45) is 7.35. The van der Waals surface area contributed by atoms with Crippen molar-refractivity contribution >= 4 is 11.6 Å². The molecule has 0 unspecified atom stereocenters. The predicted molar refractivity (Wildman–Crippen MR) is 38.7 cm³/mol. The van der Waals surface area contributed by atoms with Crippen molar-refractivity contribution in [3.8, 4) is 0 Å². The van der Waals surface area contributed by atoms with Crippen LogP contribution >= 0.6 is 11.6 Å². The number of halogens is 1. The largest absolute Gasteiger partial charge is 0.510 e. The van der Waals surface area contributed by atoms with E-state index >= 15 is 0 Å². The maximum atomic E-state index is 9.00. The Bertz CT molecular complexity index is 175. The Balaban J connectivity index is 2.81. The molecule has 0 spiro atoms. The molecular formula is C7H7ClO. The summed E-state index contributed by atoms with van der Waals surface area (Å²) >= 11 is 5.36. The summed E-state index contributed by atoms with van der Waals surface area (Å²) in [6, 6.07) is 0. The fourth-order valence-electron chi connectivity index (χ4n) is 0.644. The molecule has 48 valence electrons. The van der Waals surface area contributed by atoms with Crippen LogP contribution in [0.5, 0.6) is 0 Å². The van der Waals surface area contributed by atoms with Gasteiger partial charge in [0.1, 0.15) is 5.76 Å². The molecule has 1 N–H and O–H groups in total. The zero-order valence-corrected chi connectivity index (χ0v) is 5.60. The van der Waals surface area contributed by atoms with Crippen LogP contribution in [0.3, 0.4) is 0 Å². The average Bonchev–Trinajstić information content (AvgIpc) is 2.37. The molecule has 0 fully saturated rings. The van der Waals surface area contributed by atoms with Gasteiger partial charge >= 0.3 is 0 Å². The van der Waals surface area contributed by atoms with Crippen LogP contribution in [0, 0.1) is 0 Å². The van der Waals surface area contributed by atoms with E-state index in [-0.39, 0.29) is 11.6 Å². The number of rotatable bonds is 1. The summed E-state index contributed by atoms with van der Waals surface area (Å²) in [4.78, 5) is 0. The highest BCUT2D eigenvalue weighted by atomic mass is 35.5. The Hall–Kier alpha value is -0.690. The van der Waals surface area contributed by atoms with E-state index in [1.54, 1.807) is 0 Å². The molecular weight excluding hydrogens is 136 g/mol. The molecule has 1 aliphatic rings. The van der Waals surface area contributed by atoms with E-state index in [2.05, 4.69) is 0 Å². The third-order valence-electron chi connectivity index (χ3n) is 1.12. The lowest BCUT2D eigenvalue weighted by atomic mass is 10.3. The first kappa shape index (κ1) is 6.43. The van der Waals surface area contributed by atoms with Gasteiger partial charge in [-0.3, -0.25) is 0 Å². The topological polar surface area (TPSA) is 20.2 Å². The smallest absolute Gasteiger partial charge is 0.114 e. The van der Waals surface area contributed by atoms with E-state index in [1.165, 1.54) is 0 Å². The van der Waals surface area contributed by atoms with Crippen molar-refractivity contribution in [2.75, 3.05) is 5.88 Å². The molecule has 0 atom stereocenters. The minimum atomic E-state index is 0.185. The second kappa shape index (κ2) is 2.74. The fourth-order valence-corrected chi connectivity index (χ4v) is 0.798. The molecule has 0 aromatic rings. The Morgan fingerprint density at radius 1 is 1.44 bits per heavy atom. The molecule has 1 rings (SSSR count). The van der Waals surface area contributed by atoms with Gasteiger partial charge in [-0.2, -0.15) is 0 Å². The molecule has 0 radical (unpaired) electrons. The normalized spacial score (nSPS) is 15.0. The standard InChI is InChI=1S/C7H7ClO/c8-5-7(9)6-3-1-2-4-6/h1-4,9H,5H2. The summed E-state index contributed by atoms with van der Waals surface area (Å²) in [7, 11) is 0. The summed E-state index contributed by atoms with van der Waals surface area (Å²) < 4.78 is 0. The second-order valence-corrected chi connectivity index (χ2v) is 2.02. The van der Waals surface area contributed by atoms with Crippen molar-refractivity contribution in [3.05, 3.63) is 35.6 Å². The van der Waals surface area contributed by atoms with Crippen molar-refractivity contribution in [1.82, 2.24) is 0 Å². The molecule has 0 aromatic heterocycles. The Labute approximate surface area is 59.0 Å². The van der Waals surface area contributed by atoms with Gasteiger partial charge in [-0.25, -0.2) is 0 Å². The number of hydrogen-bond acceptors (Lipinski definition) is 1. The van der Waals surface area contributed by atoms with Crippen LogP contribution in [0.2, 0.25) is 0 Å². The molecule has 0 amide bonds. The van der Waals surface area contributed by atoms with E-state index in [9.17, 15) is 0 Å². The SMILES string of the molecule is OC(CCl)=C1C=CC=C1. The molecule has 0 aromatic carbocycles. The first-order chi connectivity index (χ1) is 4.34. The van der Waals surface area contributed by atoms with Crippen molar-refractivity contribution in [3.63, 3.8) is 0 Å². The summed E-state index contributed by atoms with van der Waals surface area (Å²) in [5.74, 6) is 0.422. The van der Waals surface area contributed by atoms with Crippen molar-refractivity contribution in [2.24, 2.45) is 0 Å². The van der Waals surface area contributed by atoms with Crippen molar-refractivity contribution in [2.45, 2.75) is 0 Å². The third-order valence-corrected chi connectivity index (χ3v) is 1.38. The van der Waals surface area contributed by atoms with Crippen LogP contribution in [0.15, 0.2) is 35.6 Å². The molecule has 0 saturated heterocycles. The first-order valence-corrected chi connectivity index (χ1v) is 3.21. The van der Waals surface area contributed by atoms with Gasteiger partial charge < -0.3 is 5.11 Å². The Morgan fingerprint density at radius 2 is 2.00 bits per heavy atom. The van der Waals surface area contributed by atoms with Gasteiger partial charge in [0.15, 0.2) is 0 Å². The van der Waals surface area contributed by atoms with Gasteiger partial charge in [0.25, 0.3) is 0 Å². The lowest BCUT2D eigenvalue weighted by Crippen LogP contribution is -1.84. The minimum Gasteiger partial charge on any atom is -0.510 e. The van der Waals surface area contributed by atoms with Crippen LogP contribution in [-0.4, -0.2) is 11.0 Å². The van der Waals surface area contributed by atoms with E-state index < -0.39 is 0 Å². The minimum absolute atomic E-state index is 0.185. The van der Waals surface area contributed by atoms with Gasteiger partial charge in [-0.1, -0.05) is 24.3 Å². The molecule has 2 heteroatoms. The lowest BCUT2D eigenvalue weighted by Gasteiger charge is -1.93. The number of alkyl halides is 1. The fraction of sp³-hybridized carbons (Fsp3) is 0.143. The maximum Gasteiger partial charge on any atom is 0.114 e. The molecule has 1 aliphatic carbocycles. The van der Waals surface area contributed by atoms with E-state index in [0.29, 0.717) is 0 Å². The number of aliphatic hydroxyl groups excluding tert-OH is 1. The van der Waals surface area contributed by atoms with Crippen molar-refractivity contribution in [1.29, 1.82) is 0 Å². The van der Waals surface area contributed by atoms with Gasteiger partial charge in [-0.05, 0) is 0 Å². The first-order valence-electron chi connectivity index (χ1n) is 2.67. The highest BCUT2D eigenvalue weighted by molar-refractivity contribution is 6.19. The van der Waals surface area contributed by atoms with Crippen LogP contribution in [0.1, 0.15) is 0 Å². The molecule has 0 saturated carbocycles. The quantitative estimate of drug-likeness (QED) is 0.440. The zero-order valence-electron chi connectivity index (χ0n) is 4.84. The zero-order chi connectivity index (χ0) is 6.69. The van der Waals surface area contributed by atoms with Crippen molar-refractivity contribution < 1.29 is 5.11 Å². The summed E-state index contributed by atoms with van der Waals surface area (Å²) in [5.41, 5.74) is 0.810.